The first-order chi connectivity index (χ1) is 12.9. The predicted octanol–water partition coefficient (Wildman–Crippen LogP) is 1.06. The standard InChI is InChI=1S/C20H31N5O2/c21-18(26)17-5-2-10-25(14-17)13-16-4-1-3-15(11-16)12-24-19(27)23-9-8-20(22)6-7-20/h1,3-4,11,17H,2,5-10,12-14,22H2,(H2,21,26)(H2,23,24,27). The Hall–Kier alpha value is -2.12. The number of rotatable bonds is 8. The highest BCUT2D eigenvalue weighted by atomic mass is 16.2. The first-order valence-corrected chi connectivity index (χ1v) is 9.84. The summed E-state index contributed by atoms with van der Waals surface area (Å²) in [7, 11) is 0. The Bertz CT molecular complexity index is 674. The van der Waals surface area contributed by atoms with Crippen LogP contribution in [0.1, 0.15) is 43.2 Å². The number of primary amides is 1. The van der Waals surface area contributed by atoms with E-state index in [4.69, 9.17) is 11.5 Å². The summed E-state index contributed by atoms with van der Waals surface area (Å²) in [6, 6.07) is 8.03. The molecule has 0 aromatic heterocycles. The van der Waals surface area contributed by atoms with Crippen LogP contribution in [0.15, 0.2) is 24.3 Å². The molecule has 27 heavy (non-hydrogen) atoms. The molecule has 0 bridgehead atoms. The Morgan fingerprint density at radius 3 is 2.74 bits per heavy atom. The molecule has 2 aliphatic rings. The number of nitrogens with one attached hydrogen (secondary N) is 2. The van der Waals surface area contributed by atoms with Gasteiger partial charge in [0.15, 0.2) is 0 Å². The van der Waals surface area contributed by atoms with Crippen molar-refractivity contribution in [1.29, 1.82) is 0 Å². The quantitative estimate of drug-likeness (QED) is 0.546. The molecule has 1 aromatic carbocycles. The van der Waals surface area contributed by atoms with Crippen LogP contribution in [0.3, 0.4) is 0 Å². The number of carbonyl (C=O) groups excluding carboxylic acids is 2. The van der Waals surface area contributed by atoms with Gasteiger partial charge >= 0.3 is 6.03 Å². The zero-order valence-corrected chi connectivity index (χ0v) is 15.9. The van der Waals surface area contributed by atoms with Gasteiger partial charge in [-0.05, 0) is 49.8 Å². The number of hydrogen-bond acceptors (Lipinski definition) is 4. The summed E-state index contributed by atoms with van der Waals surface area (Å²) in [6.07, 6.45) is 4.83. The van der Waals surface area contributed by atoms with Crippen LogP contribution in [0, 0.1) is 5.92 Å². The summed E-state index contributed by atoms with van der Waals surface area (Å²) in [5, 5.41) is 5.76. The SMILES string of the molecule is NC(=O)C1CCCN(Cc2cccc(CNC(=O)NCCC3(N)CC3)c2)C1. The third-order valence-electron chi connectivity index (χ3n) is 5.56. The van der Waals surface area contributed by atoms with Crippen molar-refractivity contribution in [3.05, 3.63) is 35.4 Å². The second-order valence-electron chi connectivity index (χ2n) is 8.02. The number of likely N-dealkylation sites (tertiary alicyclic amines) is 1. The van der Waals surface area contributed by atoms with Crippen molar-refractivity contribution in [1.82, 2.24) is 15.5 Å². The van der Waals surface area contributed by atoms with Crippen LogP contribution >= 0.6 is 0 Å². The van der Waals surface area contributed by atoms with Gasteiger partial charge in [-0.25, -0.2) is 4.79 Å². The monoisotopic (exact) mass is 373 g/mol. The minimum Gasteiger partial charge on any atom is -0.369 e. The van der Waals surface area contributed by atoms with E-state index in [0.717, 1.165) is 57.3 Å². The minimum absolute atomic E-state index is 0.0381. The molecule has 3 rings (SSSR count). The molecule has 1 saturated carbocycles. The Labute approximate surface area is 160 Å². The van der Waals surface area contributed by atoms with E-state index in [0.29, 0.717) is 13.1 Å². The lowest BCUT2D eigenvalue weighted by atomic mass is 9.97. The van der Waals surface area contributed by atoms with Crippen LogP contribution in [0.5, 0.6) is 0 Å². The number of amides is 3. The van der Waals surface area contributed by atoms with Crippen molar-refractivity contribution in [2.75, 3.05) is 19.6 Å². The Balaban J connectivity index is 1.42. The lowest BCUT2D eigenvalue weighted by Crippen LogP contribution is -2.40. The lowest BCUT2D eigenvalue weighted by molar-refractivity contribution is -0.123. The zero-order chi connectivity index (χ0) is 19.3. The fourth-order valence-electron chi connectivity index (χ4n) is 3.61. The summed E-state index contributed by atoms with van der Waals surface area (Å²) in [6.45, 7) is 3.60. The van der Waals surface area contributed by atoms with Crippen LogP contribution in [-0.2, 0) is 17.9 Å². The molecule has 1 atom stereocenters. The van der Waals surface area contributed by atoms with Gasteiger partial charge in [0.2, 0.25) is 5.91 Å². The molecule has 1 heterocycles. The Morgan fingerprint density at radius 1 is 1.22 bits per heavy atom. The number of hydrogen-bond donors (Lipinski definition) is 4. The molecule has 1 aliphatic heterocycles. The fourth-order valence-corrected chi connectivity index (χ4v) is 3.61. The molecule has 148 valence electrons. The molecule has 6 N–H and O–H groups in total. The van der Waals surface area contributed by atoms with E-state index in [-0.39, 0.29) is 23.4 Å². The highest BCUT2D eigenvalue weighted by molar-refractivity contribution is 5.77. The normalized spacial score (nSPS) is 21.4. The molecule has 7 nitrogen and oxygen atoms in total. The number of nitrogens with two attached hydrogens (primary N) is 2. The third kappa shape index (κ3) is 6.22. The lowest BCUT2D eigenvalue weighted by Gasteiger charge is -2.31. The summed E-state index contributed by atoms with van der Waals surface area (Å²) in [4.78, 5) is 25.6. The number of carbonyl (C=O) groups is 2. The van der Waals surface area contributed by atoms with Crippen LogP contribution in [0.2, 0.25) is 0 Å². The Morgan fingerprint density at radius 2 is 2.00 bits per heavy atom. The van der Waals surface area contributed by atoms with Gasteiger partial charge in [0.1, 0.15) is 0 Å². The topological polar surface area (TPSA) is 113 Å². The van der Waals surface area contributed by atoms with E-state index in [1.54, 1.807) is 0 Å². The number of benzene rings is 1. The highest BCUT2D eigenvalue weighted by Crippen LogP contribution is 2.34. The molecule has 7 heteroatoms. The summed E-state index contributed by atoms with van der Waals surface area (Å²) < 4.78 is 0. The van der Waals surface area contributed by atoms with Gasteiger partial charge in [0, 0.05) is 31.7 Å². The predicted molar refractivity (Wildman–Crippen MR) is 105 cm³/mol. The van der Waals surface area contributed by atoms with Crippen molar-refractivity contribution in [3.8, 4) is 0 Å². The van der Waals surface area contributed by atoms with E-state index in [1.807, 2.05) is 12.1 Å². The van der Waals surface area contributed by atoms with E-state index in [9.17, 15) is 9.59 Å². The molecular weight excluding hydrogens is 342 g/mol. The number of urea groups is 1. The smallest absolute Gasteiger partial charge is 0.315 e. The van der Waals surface area contributed by atoms with Crippen LogP contribution < -0.4 is 22.1 Å². The van der Waals surface area contributed by atoms with E-state index < -0.39 is 0 Å². The minimum atomic E-state index is -0.203. The van der Waals surface area contributed by atoms with Gasteiger partial charge in [-0.3, -0.25) is 9.69 Å². The summed E-state index contributed by atoms with van der Waals surface area (Å²) >= 11 is 0. The second kappa shape index (κ2) is 8.71. The van der Waals surface area contributed by atoms with Crippen molar-refractivity contribution in [3.63, 3.8) is 0 Å². The van der Waals surface area contributed by atoms with Crippen molar-refractivity contribution < 1.29 is 9.59 Å². The second-order valence-corrected chi connectivity index (χ2v) is 8.02. The summed E-state index contributed by atoms with van der Waals surface area (Å²) in [5.74, 6) is -0.249. The van der Waals surface area contributed by atoms with E-state index in [2.05, 4.69) is 27.7 Å². The largest absolute Gasteiger partial charge is 0.369 e. The molecule has 1 unspecified atom stereocenters. The maximum Gasteiger partial charge on any atom is 0.315 e. The fraction of sp³-hybridized carbons (Fsp3) is 0.600. The van der Waals surface area contributed by atoms with E-state index >= 15 is 0 Å². The number of nitrogens with zero attached hydrogens (tertiary/aromatic N) is 1. The molecule has 1 aromatic rings. The molecule has 2 fully saturated rings. The van der Waals surface area contributed by atoms with Gasteiger partial charge in [0.05, 0.1) is 5.92 Å². The zero-order valence-electron chi connectivity index (χ0n) is 15.9. The van der Waals surface area contributed by atoms with Crippen LogP contribution in [-0.4, -0.2) is 42.0 Å². The highest BCUT2D eigenvalue weighted by Gasteiger charge is 2.37. The first kappa shape index (κ1) is 19.6. The van der Waals surface area contributed by atoms with Crippen molar-refractivity contribution in [2.45, 2.75) is 50.7 Å². The summed E-state index contributed by atoms with van der Waals surface area (Å²) in [5.41, 5.74) is 13.7. The molecule has 0 spiro atoms. The molecule has 3 amide bonds. The molecular formula is C20H31N5O2. The maximum absolute atomic E-state index is 11.9. The molecule has 0 radical (unpaired) electrons. The molecule has 1 aliphatic carbocycles. The molecule has 1 saturated heterocycles. The first-order valence-electron chi connectivity index (χ1n) is 9.84. The number of piperidine rings is 1. The van der Waals surface area contributed by atoms with Crippen LogP contribution in [0.4, 0.5) is 4.79 Å². The Kier molecular flexibility index (Phi) is 6.34. The average Bonchev–Trinajstić information content (AvgIpc) is 3.38. The maximum atomic E-state index is 11.9. The van der Waals surface area contributed by atoms with Crippen LogP contribution in [0.25, 0.3) is 0 Å². The van der Waals surface area contributed by atoms with E-state index in [1.165, 1.54) is 5.56 Å². The van der Waals surface area contributed by atoms with Gasteiger partial charge in [-0.2, -0.15) is 0 Å². The van der Waals surface area contributed by atoms with Crippen molar-refractivity contribution in [2.24, 2.45) is 17.4 Å². The van der Waals surface area contributed by atoms with Gasteiger partial charge < -0.3 is 22.1 Å². The van der Waals surface area contributed by atoms with Crippen molar-refractivity contribution >= 4 is 11.9 Å². The average molecular weight is 374 g/mol. The third-order valence-corrected chi connectivity index (χ3v) is 5.56. The van der Waals surface area contributed by atoms with Gasteiger partial charge in [-0.15, -0.1) is 0 Å². The van der Waals surface area contributed by atoms with Gasteiger partial charge in [-0.1, -0.05) is 24.3 Å². The van der Waals surface area contributed by atoms with Gasteiger partial charge in [0.25, 0.3) is 0 Å².